The second kappa shape index (κ2) is 8.45. The number of anilines is 1. The number of nitrogens with zero attached hydrogens (tertiary/aromatic N) is 2. The first-order chi connectivity index (χ1) is 11.8. The molecule has 140 valence electrons. The van der Waals surface area contributed by atoms with E-state index in [1.807, 2.05) is 0 Å². The van der Waals surface area contributed by atoms with Gasteiger partial charge in [-0.1, -0.05) is 0 Å². The van der Waals surface area contributed by atoms with E-state index in [1.165, 1.54) is 29.8 Å². The third-order valence-corrected chi connectivity index (χ3v) is 5.23. The molecule has 25 heavy (non-hydrogen) atoms. The average molecular weight is 374 g/mol. The molecule has 10 heteroatoms. The van der Waals surface area contributed by atoms with E-state index >= 15 is 0 Å². The highest BCUT2D eigenvalue weighted by Crippen LogP contribution is 2.20. The number of amides is 2. The number of sulfonamides is 1. The number of hydrogen-bond acceptors (Lipinski definition) is 5. The highest BCUT2D eigenvalue weighted by Gasteiger charge is 2.22. The van der Waals surface area contributed by atoms with E-state index in [4.69, 9.17) is 4.74 Å². The van der Waals surface area contributed by atoms with Gasteiger partial charge in [-0.3, -0.25) is 4.90 Å². The van der Waals surface area contributed by atoms with Crippen LogP contribution in [0.25, 0.3) is 0 Å². The largest absolute Gasteiger partial charge is 0.494 e. The van der Waals surface area contributed by atoms with E-state index in [-0.39, 0.29) is 5.75 Å². The van der Waals surface area contributed by atoms with Crippen molar-refractivity contribution >= 4 is 21.7 Å². The van der Waals surface area contributed by atoms with Crippen molar-refractivity contribution in [1.82, 2.24) is 14.5 Å². The number of urea groups is 1. The Labute approximate surface area is 147 Å². The molecule has 8 nitrogen and oxygen atoms in total. The first-order valence-electron chi connectivity index (χ1n) is 7.85. The van der Waals surface area contributed by atoms with E-state index in [2.05, 4.69) is 15.5 Å². The Bertz CT molecular complexity index is 705. The molecule has 0 atom stereocenters. The predicted molar refractivity (Wildman–Crippen MR) is 92.8 cm³/mol. The van der Waals surface area contributed by atoms with Crippen LogP contribution in [0.4, 0.5) is 14.9 Å². The van der Waals surface area contributed by atoms with Crippen molar-refractivity contribution in [2.75, 3.05) is 58.0 Å². The van der Waals surface area contributed by atoms with Crippen LogP contribution in [0.5, 0.6) is 5.75 Å². The molecule has 0 saturated carbocycles. The maximum absolute atomic E-state index is 13.6. The van der Waals surface area contributed by atoms with Crippen molar-refractivity contribution in [2.45, 2.75) is 0 Å². The summed E-state index contributed by atoms with van der Waals surface area (Å²) in [6, 6.07) is 3.74. The standard InChI is InChI=1S/C15H23FN4O4S/c1-24-14-4-3-12(11-13(14)16)18-15(21)17-5-6-19-7-9-20(10-8-19)25(2,22)23/h3-4,11H,5-10H2,1-2H3,(H2,17,18,21). The first-order valence-corrected chi connectivity index (χ1v) is 9.70. The van der Waals surface area contributed by atoms with E-state index in [0.717, 1.165) is 0 Å². The number of piperazine rings is 1. The quantitative estimate of drug-likeness (QED) is 0.758. The Morgan fingerprint density at radius 1 is 1.28 bits per heavy atom. The predicted octanol–water partition coefficient (Wildman–Crippen LogP) is 0.533. The smallest absolute Gasteiger partial charge is 0.319 e. The van der Waals surface area contributed by atoms with Crippen LogP contribution >= 0.6 is 0 Å². The van der Waals surface area contributed by atoms with E-state index < -0.39 is 21.9 Å². The molecule has 2 amide bonds. The summed E-state index contributed by atoms with van der Waals surface area (Å²) in [6.07, 6.45) is 1.20. The van der Waals surface area contributed by atoms with Crippen LogP contribution in [0, 0.1) is 5.82 Å². The number of carbonyl (C=O) groups excluding carboxylic acids is 1. The van der Waals surface area contributed by atoms with Gasteiger partial charge in [0, 0.05) is 51.0 Å². The third kappa shape index (κ3) is 5.83. The molecule has 1 fully saturated rings. The van der Waals surface area contributed by atoms with Gasteiger partial charge in [0.1, 0.15) is 0 Å². The monoisotopic (exact) mass is 374 g/mol. The summed E-state index contributed by atoms with van der Waals surface area (Å²) >= 11 is 0. The molecule has 1 aromatic rings. The van der Waals surface area contributed by atoms with Gasteiger partial charge in [0.25, 0.3) is 0 Å². The van der Waals surface area contributed by atoms with Crippen LogP contribution in [0.15, 0.2) is 18.2 Å². The fraction of sp³-hybridized carbons (Fsp3) is 0.533. The Morgan fingerprint density at radius 3 is 2.52 bits per heavy atom. The summed E-state index contributed by atoms with van der Waals surface area (Å²) in [6.45, 7) is 3.18. The number of carbonyl (C=O) groups is 1. The normalized spacial score (nSPS) is 16.4. The minimum absolute atomic E-state index is 0.110. The van der Waals surface area contributed by atoms with E-state index in [1.54, 1.807) is 6.07 Å². The molecule has 1 heterocycles. The van der Waals surface area contributed by atoms with Crippen LogP contribution in [0.3, 0.4) is 0 Å². The molecule has 0 unspecified atom stereocenters. The number of hydrogen-bond donors (Lipinski definition) is 2. The van der Waals surface area contributed by atoms with Crippen LogP contribution in [-0.2, 0) is 10.0 Å². The van der Waals surface area contributed by atoms with Gasteiger partial charge in [-0.25, -0.2) is 17.6 Å². The molecule has 2 rings (SSSR count). The molecule has 0 spiro atoms. The SMILES string of the molecule is COc1ccc(NC(=O)NCCN2CCN(S(C)(=O)=O)CC2)cc1F. The number of rotatable bonds is 6. The maximum Gasteiger partial charge on any atom is 0.319 e. The molecule has 0 radical (unpaired) electrons. The molecule has 1 aliphatic rings. The van der Waals surface area contributed by atoms with Gasteiger partial charge in [0.2, 0.25) is 10.0 Å². The van der Waals surface area contributed by atoms with Gasteiger partial charge in [0.05, 0.1) is 13.4 Å². The van der Waals surface area contributed by atoms with Crippen molar-refractivity contribution in [1.29, 1.82) is 0 Å². The van der Waals surface area contributed by atoms with Crippen LogP contribution < -0.4 is 15.4 Å². The summed E-state index contributed by atoms with van der Waals surface area (Å²) in [7, 11) is -1.77. The summed E-state index contributed by atoms with van der Waals surface area (Å²) in [4.78, 5) is 13.9. The first kappa shape index (κ1) is 19.4. The van der Waals surface area contributed by atoms with Gasteiger partial charge in [-0.15, -0.1) is 0 Å². The highest BCUT2D eigenvalue weighted by molar-refractivity contribution is 7.88. The number of benzene rings is 1. The lowest BCUT2D eigenvalue weighted by Crippen LogP contribution is -2.50. The van der Waals surface area contributed by atoms with Gasteiger partial charge in [-0.05, 0) is 12.1 Å². The van der Waals surface area contributed by atoms with Crippen LogP contribution in [0.2, 0.25) is 0 Å². The van der Waals surface area contributed by atoms with Crippen LogP contribution in [0.1, 0.15) is 0 Å². The topological polar surface area (TPSA) is 91.0 Å². The number of nitrogens with one attached hydrogen (secondary N) is 2. The average Bonchev–Trinajstić information content (AvgIpc) is 2.54. The lowest BCUT2D eigenvalue weighted by molar-refractivity contribution is 0.189. The number of ether oxygens (including phenoxy) is 1. The Kier molecular flexibility index (Phi) is 6.57. The molecule has 1 aliphatic heterocycles. The van der Waals surface area contributed by atoms with Gasteiger partial charge >= 0.3 is 6.03 Å². The van der Waals surface area contributed by atoms with Gasteiger partial charge in [-0.2, -0.15) is 4.31 Å². The molecule has 1 saturated heterocycles. The molecule has 0 bridgehead atoms. The zero-order chi connectivity index (χ0) is 18.4. The molecule has 0 aromatic heterocycles. The lowest BCUT2D eigenvalue weighted by Gasteiger charge is -2.33. The second-order valence-electron chi connectivity index (χ2n) is 5.73. The fourth-order valence-electron chi connectivity index (χ4n) is 2.53. The molecule has 1 aromatic carbocycles. The minimum atomic E-state index is -3.14. The van der Waals surface area contributed by atoms with Gasteiger partial charge in [0.15, 0.2) is 11.6 Å². The van der Waals surface area contributed by atoms with Crippen molar-refractivity contribution in [2.24, 2.45) is 0 Å². The second-order valence-corrected chi connectivity index (χ2v) is 7.72. The summed E-state index contributed by atoms with van der Waals surface area (Å²) in [5, 5.41) is 5.24. The van der Waals surface area contributed by atoms with Gasteiger partial charge < -0.3 is 15.4 Å². The lowest BCUT2D eigenvalue weighted by atomic mass is 10.3. The third-order valence-electron chi connectivity index (χ3n) is 3.92. The minimum Gasteiger partial charge on any atom is -0.494 e. The Balaban J connectivity index is 1.70. The molecular weight excluding hydrogens is 351 g/mol. The summed E-state index contributed by atoms with van der Waals surface area (Å²) in [5.41, 5.74) is 0.331. The maximum atomic E-state index is 13.6. The van der Waals surface area contributed by atoms with Crippen molar-refractivity contribution in [3.05, 3.63) is 24.0 Å². The zero-order valence-corrected chi connectivity index (χ0v) is 15.1. The zero-order valence-electron chi connectivity index (χ0n) is 14.3. The van der Waals surface area contributed by atoms with Crippen molar-refractivity contribution in [3.8, 4) is 5.75 Å². The summed E-state index contributed by atoms with van der Waals surface area (Å²) < 4.78 is 42.7. The molecule has 0 aliphatic carbocycles. The number of halogens is 1. The molecule has 2 N–H and O–H groups in total. The fourth-order valence-corrected chi connectivity index (χ4v) is 3.36. The summed E-state index contributed by atoms with van der Waals surface area (Å²) in [5.74, 6) is -0.441. The number of methoxy groups -OCH3 is 1. The van der Waals surface area contributed by atoms with Crippen molar-refractivity contribution < 1.29 is 22.3 Å². The van der Waals surface area contributed by atoms with E-state index in [9.17, 15) is 17.6 Å². The van der Waals surface area contributed by atoms with Crippen molar-refractivity contribution in [3.63, 3.8) is 0 Å². The highest BCUT2D eigenvalue weighted by atomic mass is 32.2. The van der Waals surface area contributed by atoms with E-state index in [0.29, 0.717) is 45.0 Å². The Hall–Kier alpha value is -1.91. The van der Waals surface area contributed by atoms with Crippen LogP contribution in [-0.4, -0.2) is 76.3 Å². The molecular formula is C15H23FN4O4S. The Morgan fingerprint density at radius 2 is 1.96 bits per heavy atom.